The highest BCUT2D eigenvalue weighted by molar-refractivity contribution is 5.40. The van der Waals surface area contributed by atoms with E-state index in [4.69, 9.17) is 4.74 Å². The molecule has 1 N–H and O–H groups in total. The highest BCUT2D eigenvalue weighted by Gasteiger charge is 2.29. The summed E-state index contributed by atoms with van der Waals surface area (Å²) >= 11 is 0. The fourth-order valence-electron chi connectivity index (χ4n) is 3.79. The predicted octanol–water partition coefficient (Wildman–Crippen LogP) is 4.42. The first-order chi connectivity index (χ1) is 10.3. The first kappa shape index (κ1) is 14.9. The zero-order valence-electron chi connectivity index (χ0n) is 13.5. The van der Waals surface area contributed by atoms with Crippen molar-refractivity contribution < 1.29 is 4.74 Å². The Kier molecular flexibility index (Phi) is 4.84. The molecule has 0 aliphatic heterocycles. The second kappa shape index (κ2) is 6.83. The monoisotopic (exact) mass is 287 g/mol. The zero-order chi connectivity index (χ0) is 14.7. The van der Waals surface area contributed by atoms with Crippen LogP contribution in [0.25, 0.3) is 0 Å². The van der Waals surface area contributed by atoms with Crippen LogP contribution < -0.4 is 10.1 Å². The summed E-state index contributed by atoms with van der Waals surface area (Å²) in [5, 5.41) is 3.77. The van der Waals surface area contributed by atoms with Gasteiger partial charge in [-0.2, -0.15) is 0 Å². The summed E-state index contributed by atoms with van der Waals surface area (Å²) < 4.78 is 5.66. The largest absolute Gasteiger partial charge is 0.496 e. The van der Waals surface area contributed by atoms with Crippen LogP contribution in [0.2, 0.25) is 0 Å². The van der Waals surface area contributed by atoms with Crippen LogP contribution in [0.5, 0.6) is 5.75 Å². The van der Waals surface area contributed by atoms with E-state index >= 15 is 0 Å². The maximum atomic E-state index is 5.66. The average molecular weight is 287 g/mol. The van der Waals surface area contributed by atoms with Crippen molar-refractivity contribution in [1.29, 1.82) is 0 Å². The minimum atomic E-state index is 0.661. The fraction of sp³-hybridized carbons (Fsp3) is 0.684. The molecule has 116 valence electrons. The van der Waals surface area contributed by atoms with Crippen LogP contribution in [0.4, 0.5) is 0 Å². The summed E-state index contributed by atoms with van der Waals surface area (Å²) in [6.45, 7) is 3.38. The van der Waals surface area contributed by atoms with Gasteiger partial charge in [0, 0.05) is 6.04 Å². The minimum absolute atomic E-state index is 0.661. The minimum Gasteiger partial charge on any atom is -0.496 e. The van der Waals surface area contributed by atoms with Gasteiger partial charge >= 0.3 is 0 Å². The van der Waals surface area contributed by atoms with Crippen molar-refractivity contribution in [3.05, 3.63) is 29.3 Å². The van der Waals surface area contributed by atoms with E-state index in [1.165, 1.54) is 62.6 Å². The lowest BCUT2D eigenvalue weighted by molar-refractivity contribution is 0.353. The van der Waals surface area contributed by atoms with Crippen molar-refractivity contribution in [2.75, 3.05) is 13.7 Å². The summed E-state index contributed by atoms with van der Waals surface area (Å²) in [4.78, 5) is 0. The number of hydrogen-bond acceptors (Lipinski definition) is 2. The number of hydrogen-bond donors (Lipinski definition) is 1. The third-order valence-corrected chi connectivity index (χ3v) is 5.19. The van der Waals surface area contributed by atoms with Crippen molar-refractivity contribution in [3.8, 4) is 5.75 Å². The molecular formula is C19H29NO. The van der Waals surface area contributed by atoms with E-state index in [0.717, 1.165) is 17.7 Å². The Morgan fingerprint density at radius 2 is 1.90 bits per heavy atom. The van der Waals surface area contributed by atoms with E-state index in [1.807, 2.05) is 7.11 Å². The van der Waals surface area contributed by atoms with E-state index in [1.54, 1.807) is 0 Å². The number of methoxy groups -OCH3 is 1. The van der Waals surface area contributed by atoms with Crippen molar-refractivity contribution in [2.45, 2.75) is 63.8 Å². The lowest BCUT2D eigenvalue weighted by Gasteiger charge is -2.27. The van der Waals surface area contributed by atoms with Crippen LogP contribution in [0.3, 0.4) is 0 Å². The van der Waals surface area contributed by atoms with Gasteiger partial charge in [0.2, 0.25) is 0 Å². The first-order valence-corrected chi connectivity index (χ1v) is 8.66. The maximum absolute atomic E-state index is 5.66. The van der Waals surface area contributed by atoms with Gasteiger partial charge < -0.3 is 10.1 Å². The molecule has 2 nitrogen and oxygen atoms in total. The van der Waals surface area contributed by atoms with Gasteiger partial charge in [-0.15, -0.1) is 0 Å². The van der Waals surface area contributed by atoms with Crippen LogP contribution in [0.15, 0.2) is 18.2 Å². The number of ether oxygens (including phenoxy) is 1. The van der Waals surface area contributed by atoms with Crippen LogP contribution in [-0.4, -0.2) is 19.7 Å². The van der Waals surface area contributed by atoms with Crippen molar-refractivity contribution in [2.24, 2.45) is 5.92 Å². The van der Waals surface area contributed by atoms with Crippen molar-refractivity contribution >= 4 is 0 Å². The van der Waals surface area contributed by atoms with Gasteiger partial charge in [-0.05, 0) is 62.6 Å². The van der Waals surface area contributed by atoms with Gasteiger partial charge in [-0.3, -0.25) is 0 Å². The summed E-state index contributed by atoms with van der Waals surface area (Å²) in [6.07, 6.45) is 9.59. The lowest BCUT2D eigenvalue weighted by Crippen LogP contribution is -2.28. The molecule has 0 saturated heterocycles. The van der Waals surface area contributed by atoms with E-state index in [-0.39, 0.29) is 0 Å². The molecule has 2 unspecified atom stereocenters. The van der Waals surface area contributed by atoms with Crippen LogP contribution >= 0.6 is 0 Å². The Labute approximate surface area is 129 Å². The summed E-state index contributed by atoms with van der Waals surface area (Å²) in [5.74, 6) is 2.52. The number of benzene rings is 1. The second-order valence-corrected chi connectivity index (χ2v) is 6.93. The molecule has 2 heteroatoms. The standard InChI is InChI=1S/C19H29NO/c1-14-8-11-19(21-2)18(12-14)17-7-5-3-4-6-15(17)13-20-16-9-10-16/h8,11-12,15-17,20H,3-7,9-10,13H2,1-2H3. The van der Waals surface area contributed by atoms with Crippen molar-refractivity contribution in [1.82, 2.24) is 5.32 Å². The molecule has 0 amide bonds. The summed E-state index contributed by atoms with van der Waals surface area (Å²) in [5.41, 5.74) is 2.80. The molecule has 0 aromatic heterocycles. The molecule has 2 saturated carbocycles. The Morgan fingerprint density at radius 3 is 2.67 bits per heavy atom. The van der Waals surface area contributed by atoms with Crippen LogP contribution in [0.1, 0.15) is 62.0 Å². The highest BCUT2D eigenvalue weighted by atomic mass is 16.5. The summed E-state index contributed by atoms with van der Waals surface area (Å²) in [7, 11) is 1.81. The quantitative estimate of drug-likeness (QED) is 0.809. The summed E-state index contributed by atoms with van der Waals surface area (Å²) in [6, 6.07) is 7.49. The fourth-order valence-corrected chi connectivity index (χ4v) is 3.79. The van der Waals surface area contributed by atoms with E-state index in [9.17, 15) is 0 Å². The number of nitrogens with one attached hydrogen (secondary N) is 1. The van der Waals surface area contributed by atoms with Crippen LogP contribution in [0, 0.1) is 12.8 Å². The lowest BCUT2D eigenvalue weighted by atomic mass is 9.81. The molecular weight excluding hydrogens is 258 g/mol. The normalized spacial score (nSPS) is 26.4. The van der Waals surface area contributed by atoms with Gasteiger partial charge in [0.15, 0.2) is 0 Å². The van der Waals surface area contributed by atoms with Gasteiger partial charge in [0.05, 0.1) is 7.11 Å². The number of aryl methyl sites for hydroxylation is 1. The Bertz CT molecular complexity index is 467. The van der Waals surface area contributed by atoms with Gasteiger partial charge in [0.1, 0.15) is 5.75 Å². The van der Waals surface area contributed by atoms with Gasteiger partial charge in [-0.25, -0.2) is 0 Å². The SMILES string of the molecule is COc1ccc(C)cc1C1CCCCCC1CNC1CC1. The third kappa shape index (κ3) is 3.79. The molecule has 21 heavy (non-hydrogen) atoms. The molecule has 2 atom stereocenters. The van der Waals surface area contributed by atoms with Gasteiger partial charge in [0.25, 0.3) is 0 Å². The highest BCUT2D eigenvalue weighted by Crippen LogP contribution is 2.40. The molecule has 2 aliphatic rings. The topological polar surface area (TPSA) is 21.3 Å². The maximum Gasteiger partial charge on any atom is 0.122 e. The Morgan fingerprint density at radius 1 is 1.10 bits per heavy atom. The number of rotatable bonds is 5. The molecule has 1 aromatic carbocycles. The zero-order valence-corrected chi connectivity index (χ0v) is 13.5. The Hall–Kier alpha value is -1.02. The molecule has 2 fully saturated rings. The van der Waals surface area contributed by atoms with E-state index in [2.05, 4.69) is 30.4 Å². The molecule has 1 aromatic rings. The predicted molar refractivity (Wildman–Crippen MR) is 88.1 cm³/mol. The molecule has 0 heterocycles. The molecule has 3 rings (SSSR count). The van der Waals surface area contributed by atoms with Crippen molar-refractivity contribution in [3.63, 3.8) is 0 Å². The third-order valence-electron chi connectivity index (χ3n) is 5.19. The molecule has 2 aliphatic carbocycles. The molecule has 0 radical (unpaired) electrons. The first-order valence-electron chi connectivity index (χ1n) is 8.66. The smallest absolute Gasteiger partial charge is 0.122 e. The second-order valence-electron chi connectivity index (χ2n) is 6.93. The van der Waals surface area contributed by atoms with Crippen LogP contribution in [-0.2, 0) is 0 Å². The molecule has 0 bridgehead atoms. The van der Waals surface area contributed by atoms with E-state index in [0.29, 0.717) is 5.92 Å². The Balaban J connectivity index is 1.81. The van der Waals surface area contributed by atoms with Gasteiger partial charge in [-0.1, -0.05) is 37.0 Å². The molecule has 0 spiro atoms. The average Bonchev–Trinajstić information content (AvgIpc) is 3.32. The van der Waals surface area contributed by atoms with E-state index < -0.39 is 0 Å².